The minimum atomic E-state index is -0.165. The molecule has 1 aromatic carbocycles. The molecule has 6 nitrogen and oxygen atoms in total. The first kappa shape index (κ1) is 20.0. The van der Waals surface area contributed by atoms with Gasteiger partial charge in [0.15, 0.2) is 5.82 Å². The second-order valence-electron chi connectivity index (χ2n) is 7.88. The average Bonchev–Trinajstić information content (AvgIpc) is 2.79. The first-order chi connectivity index (χ1) is 14.6. The molecule has 1 amide bonds. The maximum Gasteiger partial charge on any atom is 0.256 e. The van der Waals surface area contributed by atoms with Crippen LogP contribution >= 0.6 is 0 Å². The van der Waals surface area contributed by atoms with Crippen molar-refractivity contribution in [1.29, 1.82) is 0 Å². The SMILES string of the molecule is Cc1ccc(-c2ncc(C(=O)NCc3cccnc3)c(N3CCCCC3C)n2)cc1. The minimum absolute atomic E-state index is 0.165. The molecule has 1 N–H and O–H groups in total. The van der Waals surface area contributed by atoms with Gasteiger partial charge in [0.25, 0.3) is 5.91 Å². The van der Waals surface area contributed by atoms with Crippen molar-refractivity contribution in [2.45, 2.75) is 45.7 Å². The molecule has 0 saturated carbocycles. The van der Waals surface area contributed by atoms with E-state index in [0.29, 0.717) is 24.0 Å². The summed E-state index contributed by atoms with van der Waals surface area (Å²) in [6.45, 7) is 5.57. The van der Waals surface area contributed by atoms with Gasteiger partial charge in [-0.3, -0.25) is 9.78 Å². The molecular formula is C24H27N5O. The van der Waals surface area contributed by atoms with Crippen molar-refractivity contribution >= 4 is 11.7 Å². The highest BCUT2D eigenvalue weighted by molar-refractivity contribution is 5.99. The Balaban J connectivity index is 1.65. The summed E-state index contributed by atoms with van der Waals surface area (Å²) in [7, 11) is 0. The molecule has 0 spiro atoms. The lowest BCUT2D eigenvalue weighted by Crippen LogP contribution is -2.40. The maximum absolute atomic E-state index is 13.0. The lowest BCUT2D eigenvalue weighted by molar-refractivity contribution is 0.0950. The number of hydrogen-bond donors (Lipinski definition) is 1. The summed E-state index contributed by atoms with van der Waals surface area (Å²) in [4.78, 5) is 28.8. The number of pyridine rings is 1. The summed E-state index contributed by atoms with van der Waals surface area (Å²) < 4.78 is 0. The zero-order valence-corrected chi connectivity index (χ0v) is 17.5. The fraction of sp³-hybridized carbons (Fsp3) is 0.333. The molecule has 1 unspecified atom stereocenters. The van der Waals surface area contributed by atoms with Crippen molar-refractivity contribution in [2.24, 2.45) is 0 Å². The molecule has 0 aliphatic carbocycles. The smallest absolute Gasteiger partial charge is 0.256 e. The Labute approximate surface area is 177 Å². The number of nitrogens with one attached hydrogen (secondary N) is 1. The number of amides is 1. The van der Waals surface area contributed by atoms with Crippen LogP contribution in [0.5, 0.6) is 0 Å². The Hall–Kier alpha value is -3.28. The Morgan fingerprint density at radius 3 is 2.73 bits per heavy atom. The zero-order valence-electron chi connectivity index (χ0n) is 17.5. The van der Waals surface area contributed by atoms with E-state index in [0.717, 1.165) is 36.3 Å². The summed E-state index contributed by atoms with van der Waals surface area (Å²) in [5.41, 5.74) is 3.61. The lowest BCUT2D eigenvalue weighted by atomic mass is 10.0. The third-order valence-corrected chi connectivity index (χ3v) is 5.57. The third kappa shape index (κ3) is 4.48. The van der Waals surface area contributed by atoms with Gasteiger partial charge in [0, 0.05) is 43.3 Å². The van der Waals surface area contributed by atoms with Crippen LogP contribution in [0.25, 0.3) is 11.4 Å². The molecule has 1 saturated heterocycles. The van der Waals surface area contributed by atoms with E-state index in [2.05, 4.69) is 46.2 Å². The largest absolute Gasteiger partial charge is 0.353 e. The van der Waals surface area contributed by atoms with Crippen molar-refractivity contribution in [3.63, 3.8) is 0 Å². The van der Waals surface area contributed by atoms with Gasteiger partial charge >= 0.3 is 0 Å². The van der Waals surface area contributed by atoms with E-state index < -0.39 is 0 Å². The predicted molar refractivity (Wildman–Crippen MR) is 118 cm³/mol. The van der Waals surface area contributed by atoms with Crippen LogP contribution in [0.4, 0.5) is 5.82 Å². The number of nitrogens with zero attached hydrogens (tertiary/aromatic N) is 4. The topological polar surface area (TPSA) is 71.0 Å². The van der Waals surface area contributed by atoms with Crippen LogP contribution < -0.4 is 10.2 Å². The second kappa shape index (κ2) is 9.03. The van der Waals surface area contributed by atoms with Crippen LogP contribution in [-0.4, -0.2) is 33.4 Å². The van der Waals surface area contributed by atoms with Gasteiger partial charge < -0.3 is 10.2 Å². The number of aromatic nitrogens is 3. The summed E-state index contributed by atoms with van der Waals surface area (Å²) in [6, 6.07) is 12.3. The van der Waals surface area contributed by atoms with E-state index in [1.54, 1.807) is 18.6 Å². The molecule has 1 fully saturated rings. The van der Waals surface area contributed by atoms with E-state index in [1.807, 2.05) is 24.3 Å². The van der Waals surface area contributed by atoms with Crippen molar-refractivity contribution in [2.75, 3.05) is 11.4 Å². The molecule has 3 heterocycles. The number of carbonyl (C=O) groups is 1. The van der Waals surface area contributed by atoms with Gasteiger partial charge in [0.05, 0.1) is 0 Å². The first-order valence-corrected chi connectivity index (χ1v) is 10.5. The molecule has 6 heteroatoms. The normalized spacial score (nSPS) is 16.3. The number of carbonyl (C=O) groups excluding carboxylic acids is 1. The summed E-state index contributed by atoms with van der Waals surface area (Å²) in [5, 5.41) is 2.99. The fourth-order valence-electron chi connectivity index (χ4n) is 3.79. The molecule has 154 valence electrons. The standard InChI is InChI=1S/C24H27N5O/c1-17-8-10-20(11-9-17)22-26-16-21(23(28-22)29-13-4-3-6-18(29)2)24(30)27-15-19-7-5-12-25-14-19/h5,7-12,14,16,18H,3-4,6,13,15H2,1-2H3,(H,27,30). The highest BCUT2D eigenvalue weighted by Gasteiger charge is 2.26. The number of aryl methyl sites for hydroxylation is 1. The molecule has 0 bridgehead atoms. The highest BCUT2D eigenvalue weighted by atomic mass is 16.1. The van der Waals surface area contributed by atoms with Crippen LogP contribution in [0.15, 0.2) is 55.0 Å². The Kier molecular flexibility index (Phi) is 6.02. The minimum Gasteiger partial charge on any atom is -0.353 e. The summed E-state index contributed by atoms with van der Waals surface area (Å²) in [6.07, 6.45) is 8.54. The van der Waals surface area contributed by atoms with E-state index >= 15 is 0 Å². The van der Waals surface area contributed by atoms with Gasteiger partial charge in [-0.25, -0.2) is 9.97 Å². The Morgan fingerprint density at radius 1 is 1.17 bits per heavy atom. The van der Waals surface area contributed by atoms with Gasteiger partial charge in [0.2, 0.25) is 0 Å². The number of anilines is 1. The van der Waals surface area contributed by atoms with E-state index in [-0.39, 0.29) is 5.91 Å². The number of hydrogen-bond acceptors (Lipinski definition) is 5. The van der Waals surface area contributed by atoms with Gasteiger partial charge in [-0.15, -0.1) is 0 Å². The van der Waals surface area contributed by atoms with E-state index in [1.165, 1.54) is 12.0 Å². The van der Waals surface area contributed by atoms with Crippen LogP contribution in [0.1, 0.15) is 47.7 Å². The van der Waals surface area contributed by atoms with Gasteiger partial charge in [-0.1, -0.05) is 35.9 Å². The van der Waals surface area contributed by atoms with Crippen LogP contribution in [0.3, 0.4) is 0 Å². The van der Waals surface area contributed by atoms with Gasteiger partial charge in [-0.05, 0) is 44.7 Å². The first-order valence-electron chi connectivity index (χ1n) is 10.5. The summed E-state index contributed by atoms with van der Waals surface area (Å²) >= 11 is 0. The number of benzene rings is 1. The van der Waals surface area contributed by atoms with E-state index in [4.69, 9.17) is 4.98 Å². The second-order valence-corrected chi connectivity index (χ2v) is 7.88. The van der Waals surface area contributed by atoms with Crippen molar-refractivity contribution < 1.29 is 4.79 Å². The molecule has 2 aromatic heterocycles. The van der Waals surface area contributed by atoms with Crippen molar-refractivity contribution in [1.82, 2.24) is 20.3 Å². The molecule has 30 heavy (non-hydrogen) atoms. The van der Waals surface area contributed by atoms with Gasteiger partial charge in [-0.2, -0.15) is 0 Å². The fourth-order valence-corrected chi connectivity index (χ4v) is 3.79. The monoisotopic (exact) mass is 401 g/mol. The predicted octanol–water partition coefficient (Wildman–Crippen LogP) is 4.16. The number of piperidine rings is 1. The Morgan fingerprint density at radius 2 is 2.00 bits per heavy atom. The lowest BCUT2D eigenvalue weighted by Gasteiger charge is -2.35. The molecule has 0 radical (unpaired) electrons. The van der Waals surface area contributed by atoms with Crippen molar-refractivity contribution in [3.05, 3.63) is 71.7 Å². The van der Waals surface area contributed by atoms with Crippen LogP contribution in [0.2, 0.25) is 0 Å². The molecule has 4 rings (SSSR count). The average molecular weight is 402 g/mol. The third-order valence-electron chi connectivity index (χ3n) is 5.57. The Bertz CT molecular complexity index is 1000. The zero-order chi connectivity index (χ0) is 20.9. The van der Waals surface area contributed by atoms with Crippen LogP contribution in [-0.2, 0) is 6.54 Å². The maximum atomic E-state index is 13.0. The van der Waals surface area contributed by atoms with Crippen LogP contribution in [0, 0.1) is 6.92 Å². The van der Waals surface area contributed by atoms with E-state index in [9.17, 15) is 4.79 Å². The highest BCUT2D eigenvalue weighted by Crippen LogP contribution is 2.28. The van der Waals surface area contributed by atoms with Crippen molar-refractivity contribution in [3.8, 4) is 11.4 Å². The molecule has 1 aliphatic rings. The molecule has 1 atom stereocenters. The molecule has 3 aromatic rings. The quantitative estimate of drug-likeness (QED) is 0.695. The van der Waals surface area contributed by atoms with Gasteiger partial charge in [0.1, 0.15) is 11.4 Å². The molecular weight excluding hydrogens is 374 g/mol. The molecule has 1 aliphatic heterocycles. The summed E-state index contributed by atoms with van der Waals surface area (Å²) in [5.74, 6) is 1.20. The number of rotatable bonds is 5.